The van der Waals surface area contributed by atoms with Gasteiger partial charge in [0, 0.05) is 10.4 Å². The molecule has 0 spiro atoms. The quantitative estimate of drug-likeness (QED) is 0.473. The number of carbonyl (C=O) groups excluding carboxylic acids is 2. The lowest BCUT2D eigenvalue weighted by molar-refractivity contribution is 0.0378. The number of carbonyl (C=O) groups is 2. The van der Waals surface area contributed by atoms with Gasteiger partial charge in [0.1, 0.15) is 10.8 Å². The number of hydrogen-bond acceptors (Lipinski definition) is 7. The second kappa shape index (κ2) is 9.30. The zero-order chi connectivity index (χ0) is 23.9. The third-order valence-corrected chi connectivity index (χ3v) is 7.50. The van der Waals surface area contributed by atoms with Gasteiger partial charge in [-0.2, -0.15) is 5.10 Å². The van der Waals surface area contributed by atoms with Crippen molar-refractivity contribution < 1.29 is 18.8 Å². The number of halogens is 1. The zero-order valence-corrected chi connectivity index (χ0v) is 20.9. The number of hydrogen-bond donors (Lipinski definition) is 1. The number of aromatic nitrogens is 3. The molecule has 0 unspecified atom stereocenters. The molecule has 8 nitrogen and oxygen atoms in total. The van der Waals surface area contributed by atoms with Gasteiger partial charge in [0.15, 0.2) is 5.69 Å². The molecule has 0 fully saturated rings. The van der Waals surface area contributed by atoms with Crippen molar-refractivity contribution in [2.45, 2.75) is 73.0 Å². The summed E-state index contributed by atoms with van der Waals surface area (Å²) in [6.45, 7) is 9.36. The smallest absolute Gasteiger partial charge is 0.341 e. The van der Waals surface area contributed by atoms with Gasteiger partial charge < -0.3 is 14.6 Å². The topological polar surface area (TPSA) is 99.2 Å². The van der Waals surface area contributed by atoms with Gasteiger partial charge in [0.2, 0.25) is 0 Å². The van der Waals surface area contributed by atoms with Gasteiger partial charge in [-0.3, -0.25) is 9.48 Å². The van der Waals surface area contributed by atoms with Crippen molar-refractivity contribution in [2.24, 2.45) is 0 Å². The van der Waals surface area contributed by atoms with Crippen LogP contribution in [-0.4, -0.2) is 32.9 Å². The lowest BCUT2D eigenvalue weighted by Crippen LogP contribution is -2.19. The lowest BCUT2D eigenvalue weighted by Gasteiger charge is -2.14. The van der Waals surface area contributed by atoms with Crippen LogP contribution in [0.1, 0.15) is 80.7 Å². The van der Waals surface area contributed by atoms with Crippen LogP contribution in [0.5, 0.6) is 0 Å². The Balaban J connectivity index is 1.65. The maximum atomic E-state index is 13.3. The van der Waals surface area contributed by atoms with Crippen LogP contribution in [-0.2, 0) is 24.1 Å². The molecule has 0 aromatic carbocycles. The van der Waals surface area contributed by atoms with E-state index in [2.05, 4.69) is 15.6 Å². The molecule has 0 aliphatic heterocycles. The minimum absolute atomic E-state index is 0.158. The van der Waals surface area contributed by atoms with Crippen molar-refractivity contribution in [1.29, 1.82) is 0 Å². The standard InChI is InChI=1S/C23H27ClN4O4S/c1-11(2)31-23(30)18-15-8-6-7-9-17(15)33-22(18)25-21(29)20-16(14(5)32-27-20)10-28-13(4)19(24)12(3)26-28/h11H,6-10H2,1-5H3,(H,25,29). The number of nitrogens with zero attached hydrogens (tertiary/aromatic N) is 3. The van der Waals surface area contributed by atoms with Gasteiger partial charge in [-0.25, -0.2) is 4.79 Å². The molecule has 0 bridgehead atoms. The maximum Gasteiger partial charge on any atom is 0.341 e. The highest BCUT2D eigenvalue weighted by Crippen LogP contribution is 2.39. The first-order chi connectivity index (χ1) is 15.7. The van der Waals surface area contributed by atoms with Crippen LogP contribution in [0, 0.1) is 20.8 Å². The Morgan fingerprint density at radius 3 is 2.64 bits per heavy atom. The molecule has 3 aromatic heterocycles. The summed E-state index contributed by atoms with van der Waals surface area (Å²) in [7, 11) is 0. The molecule has 0 atom stereocenters. The summed E-state index contributed by atoms with van der Waals surface area (Å²) in [4.78, 5) is 27.3. The molecule has 1 aliphatic rings. The predicted octanol–water partition coefficient (Wildman–Crippen LogP) is 5.26. The first-order valence-electron chi connectivity index (χ1n) is 11.0. The van der Waals surface area contributed by atoms with E-state index in [1.165, 1.54) is 11.3 Å². The highest BCUT2D eigenvalue weighted by atomic mass is 35.5. The number of amides is 1. The van der Waals surface area contributed by atoms with Crippen LogP contribution in [0.4, 0.5) is 5.00 Å². The molecule has 0 saturated carbocycles. The lowest BCUT2D eigenvalue weighted by atomic mass is 9.95. The predicted molar refractivity (Wildman–Crippen MR) is 127 cm³/mol. The number of rotatable bonds is 6. The largest absolute Gasteiger partial charge is 0.459 e. The zero-order valence-electron chi connectivity index (χ0n) is 19.4. The van der Waals surface area contributed by atoms with E-state index in [9.17, 15) is 9.59 Å². The maximum absolute atomic E-state index is 13.3. The van der Waals surface area contributed by atoms with Gasteiger partial charge in [-0.15, -0.1) is 11.3 Å². The molecule has 1 amide bonds. The van der Waals surface area contributed by atoms with Crippen LogP contribution < -0.4 is 5.32 Å². The van der Waals surface area contributed by atoms with Gasteiger partial charge >= 0.3 is 5.97 Å². The molecule has 1 aliphatic carbocycles. The van der Waals surface area contributed by atoms with E-state index in [-0.39, 0.29) is 11.8 Å². The molecule has 176 valence electrons. The number of aryl methyl sites for hydroxylation is 3. The molecule has 1 N–H and O–H groups in total. The van der Waals surface area contributed by atoms with Crippen molar-refractivity contribution >= 4 is 39.8 Å². The number of ether oxygens (including phenoxy) is 1. The molecule has 4 rings (SSSR count). The summed E-state index contributed by atoms with van der Waals surface area (Å²) in [6.07, 6.45) is 3.52. The van der Waals surface area contributed by atoms with E-state index in [1.54, 1.807) is 11.6 Å². The molecule has 0 saturated heterocycles. The van der Waals surface area contributed by atoms with Crippen molar-refractivity contribution in [1.82, 2.24) is 14.9 Å². The summed E-state index contributed by atoms with van der Waals surface area (Å²) >= 11 is 7.72. The number of nitrogens with one attached hydrogen (secondary N) is 1. The minimum Gasteiger partial charge on any atom is -0.459 e. The van der Waals surface area contributed by atoms with Crippen molar-refractivity contribution in [3.05, 3.63) is 49.4 Å². The van der Waals surface area contributed by atoms with Crippen LogP contribution in [0.15, 0.2) is 4.52 Å². The fraction of sp³-hybridized carbons (Fsp3) is 0.478. The van der Waals surface area contributed by atoms with Crippen LogP contribution in [0.25, 0.3) is 0 Å². The summed E-state index contributed by atoms with van der Waals surface area (Å²) in [6, 6.07) is 0. The first-order valence-corrected chi connectivity index (χ1v) is 12.2. The average molecular weight is 491 g/mol. The van der Waals surface area contributed by atoms with E-state index < -0.39 is 11.9 Å². The summed E-state index contributed by atoms with van der Waals surface area (Å²) in [5, 5.41) is 12.4. The van der Waals surface area contributed by atoms with Crippen LogP contribution in [0.2, 0.25) is 5.02 Å². The van der Waals surface area contributed by atoms with Crippen molar-refractivity contribution in [3.63, 3.8) is 0 Å². The molecule has 3 aromatic rings. The fourth-order valence-corrected chi connectivity index (χ4v) is 5.45. The van der Waals surface area contributed by atoms with Crippen molar-refractivity contribution in [2.75, 3.05) is 5.32 Å². The molecule has 33 heavy (non-hydrogen) atoms. The Morgan fingerprint density at radius 1 is 1.24 bits per heavy atom. The Bertz CT molecular complexity index is 1220. The van der Waals surface area contributed by atoms with E-state index in [0.29, 0.717) is 39.1 Å². The second-order valence-electron chi connectivity index (χ2n) is 8.53. The van der Waals surface area contributed by atoms with Gasteiger partial charge in [-0.1, -0.05) is 16.8 Å². The molecular weight excluding hydrogens is 464 g/mol. The Labute approximate surface area is 201 Å². The molecule has 3 heterocycles. The Morgan fingerprint density at radius 2 is 1.97 bits per heavy atom. The number of thiophene rings is 1. The van der Waals surface area contributed by atoms with E-state index in [0.717, 1.165) is 41.8 Å². The van der Waals surface area contributed by atoms with Crippen LogP contribution in [0.3, 0.4) is 0 Å². The highest BCUT2D eigenvalue weighted by Gasteiger charge is 2.30. The number of anilines is 1. The van der Waals surface area contributed by atoms with E-state index >= 15 is 0 Å². The summed E-state index contributed by atoms with van der Waals surface area (Å²) in [5.41, 5.74) is 3.73. The van der Waals surface area contributed by atoms with E-state index in [4.69, 9.17) is 20.9 Å². The Kier molecular flexibility index (Phi) is 6.63. The highest BCUT2D eigenvalue weighted by molar-refractivity contribution is 7.17. The molecule has 10 heteroatoms. The monoisotopic (exact) mass is 490 g/mol. The minimum atomic E-state index is -0.438. The Hall–Kier alpha value is -2.65. The second-order valence-corrected chi connectivity index (χ2v) is 10.0. The SMILES string of the molecule is Cc1nn(Cc2c(C(=O)Nc3sc4c(c3C(=O)OC(C)C)CCCC4)noc2C)c(C)c1Cl. The summed E-state index contributed by atoms with van der Waals surface area (Å²) < 4.78 is 12.5. The van der Waals surface area contributed by atoms with Gasteiger partial charge in [0.05, 0.1) is 34.6 Å². The number of esters is 1. The molecular formula is C23H27ClN4O4S. The van der Waals surface area contributed by atoms with Crippen LogP contribution >= 0.6 is 22.9 Å². The van der Waals surface area contributed by atoms with Gasteiger partial charge in [0.25, 0.3) is 5.91 Å². The molecule has 0 radical (unpaired) electrons. The van der Waals surface area contributed by atoms with E-state index in [1.807, 2.05) is 27.7 Å². The number of fused-ring (bicyclic) bond motifs is 1. The average Bonchev–Trinajstić information content (AvgIpc) is 3.38. The first kappa shape index (κ1) is 23.5. The van der Waals surface area contributed by atoms with Gasteiger partial charge in [-0.05, 0) is 65.9 Å². The normalized spacial score (nSPS) is 13.3. The fourth-order valence-electron chi connectivity index (χ4n) is 4.04. The third kappa shape index (κ3) is 4.56. The third-order valence-electron chi connectivity index (χ3n) is 5.75. The van der Waals surface area contributed by atoms with Crippen molar-refractivity contribution in [3.8, 4) is 0 Å². The summed E-state index contributed by atoms with van der Waals surface area (Å²) in [5.74, 6) is -0.325.